The minimum Gasteiger partial charge on any atom is -0.459 e. The molecule has 0 unspecified atom stereocenters. The lowest BCUT2D eigenvalue weighted by Crippen LogP contribution is -2.40. The molecule has 0 bridgehead atoms. The minimum atomic E-state index is -0.417. The quantitative estimate of drug-likeness (QED) is 0.848. The van der Waals surface area contributed by atoms with Crippen LogP contribution in [0.1, 0.15) is 33.3 Å². The van der Waals surface area contributed by atoms with E-state index in [1.54, 1.807) is 0 Å². The minimum absolute atomic E-state index is 0.179. The highest BCUT2D eigenvalue weighted by Crippen LogP contribution is 2.19. The Morgan fingerprint density at radius 3 is 2.59 bits per heavy atom. The first kappa shape index (κ1) is 17.0. The van der Waals surface area contributed by atoms with Crippen LogP contribution in [0.15, 0.2) is 30.3 Å². The molecule has 4 nitrogen and oxygen atoms in total. The molecule has 1 aromatic rings. The van der Waals surface area contributed by atoms with Crippen LogP contribution in [0, 0.1) is 5.92 Å². The highest BCUT2D eigenvalue weighted by molar-refractivity contribution is 5.72. The number of rotatable bonds is 5. The monoisotopic (exact) mass is 304 g/mol. The van der Waals surface area contributed by atoms with Gasteiger partial charge in [-0.1, -0.05) is 37.3 Å². The van der Waals surface area contributed by atoms with E-state index in [0.717, 1.165) is 19.6 Å². The number of carbonyl (C=O) groups is 1. The molecule has 0 spiro atoms. The summed E-state index contributed by atoms with van der Waals surface area (Å²) in [5.74, 6) is 0.354. The fraction of sp³-hybridized carbons (Fsp3) is 0.611. The highest BCUT2D eigenvalue weighted by atomic mass is 16.6. The Morgan fingerprint density at radius 1 is 1.27 bits per heavy atom. The van der Waals surface area contributed by atoms with Gasteiger partial charge >= 0.3 is 5.97 Å². The van der Waals surface area contributed by atoms with E-state index in [4.69, 9.17) is 4.74 Å². The van der Waals surface area contributed by atoms with Crippen molar-refractivity contribution in [3.63, 3.8) is 0 Å². The summed E-state index contributed by atoms with van der Waals surface area (Å²) in [5, 5.41) is 3.35. The van der Waals surface area contributed by atoms with Gasteiger partial charge in [-0.3, -0.25) is 9.69 Å². The van der Waals surface area contributed by atoms with Crippen LogP contribution >= 0.6 is 0 Å². The lowest BCUT2D eigenvalue weighted by Gasteiger charge is -2.21. The predicted octanol–water partition coefficient (Wildman–Crippen LogP) is 2.44. The first-order valence-electron chi connectivity index (χ1n) is 8.05. The first-order valence-corrected chi connectivity index (χ1v) is 8.05. The normalized spacial score (nSPS) is 22.7. The van der Waals surface area contributed by atoms with Crippen LogP contribution < -0.4 is 5.32 Å². The summed E-state index contributed by atoms with van der Waals surface area (Å²) in [6.45, 7) is 11.2. The highest BCUT2D eigenvalue weighted by Gasteiger charge is 2.29. The molecule has 0 saturated carbocycles. The zero-order chi connectivity index (χ0) is 16.2. The van der Waals surface area contributed by atoms with E-state index in [0.29, 0.717) is 12.0 Å². The van der Waals surface area contributed by atoms with Gasteiger partial charge in [0.25, 0.3) is 0 Å². The van der Waals surface area contributed by atoms with Crippen molar-refractivity contribution in [1.29, 1.82) is 0 Å². The molecule has 1 N–H and O–H groups in total. The Labute approximate surface area is 133 Å². The van der Waals surface area contributed by atoms with Crippen molar-refractivity contribution in [3.8, 4) is 0 Å². The van der Waals surface area contributed by atoms with Crippen LogP contribution in [0.5, 0.6) is 0 Å². The summed E-state index contributed by atoms with van der Waals surface area (Å²) in [5.41, 5.74) is 0.918. The molecule has 0 radical (unpaired) electrons. The fourth-order valence-electron chi connectivity index (χ4n) is 2.90. The number of carbonyl (C=O) groups excluding carboxylic acids is 1. The standard InChI is InChI=1S/C18H28N2O2/c1-14-11-20(12-15-8-6-5-7-9-15)13-16(14)19-10-17(21)22-18(2,3)4/h5-9,14,16,19H,10-13H2,1-4H3/t14-,16-/m0/s1. The Morgan fingerprint density at radius 2 is 1.95 bits per heavy atom. The summed E-state index contributed by atoms with van der Waals surface area (Å²) in [7, 11) is 0. The zero-order valence-electron chi connectivity index (χ0n) is 14.1. The molecule has 0 aromatic heterocycles. The van der Waals surface area contributed by atoms with E-state index in [9.17, 15) is 4.79 Å². The van der Waals surface area contributed by atoms with Crippen LogP contribution in [0.25, 0.3) is 0 Å². The maximum absolute atomic E-state index is 11.8. The largest absolute Gasteiger partial charge is 0.459 e. The molecule has 0 aliphatic carbocycles. The van der Waals surface area contributed by atoms with Crippen LogP contribution in [0.4, 0.5) is 0 Å². The van der Waals surface area contributed by atoms with Crippen LogP contribution in [-0.4, -0.2) is 42.1 Å². The second kappa shape index (κ2) is 7.25. The summed E-state index contributed by atoms with van der Waals surface area (Å²) in [4.78, 5) is 14.2. The Kier molecular flexibility index (Phi) is 5.59. The topological polar surface area (TPSA) is 41.6 Å². The van der Waals surface area contributed by atoms with Crippen LogP contribution in [0.2, 0.25) is 0 Å². The molecule has 1 fully saturated rings. The molecule has 0 amide bonds. The lowest BCUT2D eigenvalue weighted by molar-refractivity contribution is -0.153. The van der Waals surface area contributed by atoms with E-state index < -0.39 is 5.60 Å². The average molecular weight is 304 g/mol. The third kappa shape index (κ3) is 5.43. The molecule has 2 atom stereocenters. The zero-order valence-corrected chi connectivity index (χ0v) is 14.1. The Balaban J connectivity index is 1.78. The van der Waals surface area contributed by atoms with Crippen molar-refractivity contribution in [2.75, 3.05) is 19.6 Å². The van der Waals surface area contributed by atoms with E-state index in [1.807, 2.05) is 26.8 Å². The predicted molar refractivity (Wildman–Crippen MR) is 88.5 cm³/mol. The molecule has 122 valence electrons. The fourth-order valence-corrected chi connectivity index (χ4v) is 2.90. The molecule has 2 rings (SSSR count). The maximum atomic E-state index is 11.8. The number of likely N-dealkylation sites (tertiary alicyclic amines) is 1. The number of hydrogen-bond donors (Lipinski definition) is 1. The molecule has 4 heteroatoms. The summed E-state index contributed by atoms with van der Waals surface area (Å²) in [6, 6.07) is 10.9. The number of esters is 1. The van der Waals surface area contributed by atoms with Crippen molar-refractivity contribution in [2.24, 2.45) is 5.92 Å². The molecular formula is C18H28N2O2. The number of nitrogens with zero attached hydrogens (tertiary/aromatic N) is 1. The second-order valence-corrected chi connectivity index (χ2v) is 7.23. The molecule has 1 aliphatic heterocycles. The second-order valence-electron chi connectivity index (χ2n) is 7.23. The molecule has 1 heterocycles. The summed E-state index contributed by atoms with van der Waals surface area (Å²) < 4.78 is 5.34. The SMILES string of the molecule is C[C@H]1CN(Cc2ccccc2)C[C@@H]1NCC(=O)OC(C)(C)C. The van der Waals surface area contributed by atoms with Gasteiger partial charge in [0.05, 0.1) is 6.54 Å². The lowest BCUT2D eigenvalue weighted by atomic mass is 10.1. The summed E-state index contributed by atoms with van der Waals surface area (Å²) in [6.07, 6.45) is 0. The van der Waals surface area contributed by atoms with Gasteiger partial charge in [0.2, 0.25) is 0 Å². The summed E-state index contributed by atoms with van der Waals surface area (Å²) >= 11 is 0. The molecular weight excluding hydrogens is 276 g/mol. The number of benzene rings is 1. The average Bonchev–Trinajstić information content (AvgIpc) is 2.76. The van der Waals surface area contributed by atoms with Gasteiger partial charge in [0.1, 0.15) is 5.60 Å². The molecule has 1 saturated heterocycles. The van der Waals surface area contributed by atoms with Gasteiger partial charge < -0.3 is 10.1 Å². The Bertz CT molecular complexity index is 482. The van der Waals surface area contributed by atoms with Crippen molar-refractivity contribution in [2.45, 2.75) is 45.9 Å². The Hall–Kier alpha value is -1.39. The van der Waals surface area contributed by atoms with Crippen LogP contribution in [-0.2, 0) is 16.1 Å². The van der Waals surface area contributed by atoms with E-state index >= 15 is 0 Å². The number of ether oxygens (including phenoxy) is 1. The smallest absolute Gasteiger partial charge is 0.320 e. The third-order valence-corrected chi connectivity index (χ3v) is 3.87. The maximum Gasteiger partial charge on any atom is 0.320 e. The molecule has 1 aliphatic rings. The van der Waals surface area contributed by atoms with Gasteiger partial charge in [0, 0.05) is 25.7 Å². The van der Waals surface area contributed by atoms with Crippen molar-refractivity contribution >= 4 is 5.97 Å². The van der Waals surface area contributed by atoms with Gasteiger partial charge in [-0.15, -0.1) is 0 Å². The van der Waals surface area contributed by atoms with E-state index in [1.165, 1.54) is 5.56 Å². The molecule has 1 aromatic carbocycles. The first-order chi connectivity index (χ1) is 10.3. The molecule has 22 heavy (non-hydrogen) atoms. The third-order valence-electron chi connectivity index (χ3n) is 3.87. The van der Waals surface area contributed by atoms with Crippen molar-refractivity contribution in [3.05, 3.63) is 35.9 Å². The van der Waals surface area contributed by atoms with Crippen LogP contribution in [0.3, 0.4) is 0 Å². The number of nitrogens with one attached hydrogen (secondary N) is 1. The van der Waals surface area contributed by atoms with E-state index in [2.05, 4.69) is 41.4 Å². The van der Waals surface area contributed by atoms with E-state index in [-0.39, 0.29) is 12.5 Å². The van der Waals surface area contributed by atoms with Gasteiger partial charge in [-0.05, 0) is 32.3 Å². The van der Waals surface area contributed by atoms with Gasteiger partial charge in [-0.25, -0.2) is 0 Å². The van der Waals surface area contributed by atoms with Crippen molar-refractivity contribution < 1.29 is 9.53 Å². The van der Waals surface area contributed by atoms with Gasteiger partial charge in [0.15, 0.2) is 0 Å². The number of hydrogen-bond acceptors (Lipinski definition) is 4. The van der Waals surface area contributed by atoms with Crippen molar-refractivity contribution in [1.82, 2.24) is 10.2 Å². The van der Waals surface area contributed by atoms with Gasteiger partial charge in [-0.2, -0.15) is 0 Å².